The van der Waals surface area contributed by atoms with Crippen LogP contribution in [0, 0.1) is 0 Å². The normalized spacial score (nSPS) is 11.3. The summed E-state index contributed by atoms with van der Waals surface area (Å²) < 4.78 is 24.9. The second kappa shape index (κ2) is 2.21. The van der Waals surface area contributed by atoms with E-state index in [-0.39, 0.29) is 6.01 Å². The van der Waals surface area contributed by atoms with E-state index in [1.807, 2.05) is 0 Å². The van der Waals surface area contributed by atoms with E-state index < -0.39 is 10.1 Å². The quantitative estimate of drug-likeness (QED) is 0.536. The third-order valence-corrected chi connectivity index (χ3v) is 1.00. The highest BCUT2D eigenvalue weighted by atomic mass is 32.2. The Bertz CT molecular complexity index is 288. The fourth-order valence-corrected chi connectivity index (χ4v) is 0.665. The van der Waals surface area contributed by atoms with Gasteiger partial charge in [-0.15, -0.1) is 0 Å². The number of tetrazole rings is 1. The largest absolute Gasteiger partial charge is 0.371 e. The molecule has 0 aliphatic heterocycles. The first-order chi connectivity index (χ1) is 4.58. The van der Waals surface area contributed by atoms with Gasteiger partial charge in [0.15, 0.2) is 0 Å². The SMILES string of the molecule is CS(=O)(=O)Oc1nn[nH]n1. The lowest BCUT2D eigenvalue weighted by Gasteiger charge is -1.91. The molecular formula is C2H4N4O3S. The van der Waals surface area contributed by atoms with Crippen LogP contribution in [-0.2, 0) is 10.1 Å². The Labute approximate surface area is 56.5 Å². The molecule has 0 aliphatic carbocycles. The van der Waals surface area contributed by atoms with Crippen LogP contribution in [0.4, 0.5) is 0 Å². The third-order valence-electron chi connectivity index (χ3n) is 0.552. The zero-order valence-corrected chi connectivity index (χ0v) is 5.79. The molecule has 7 nitrogen and oxygen atoms in total. The Hall–Kier alpha value is -1.18. The highest BCUT2D eigenvalue weighted by Gasteiger charge is 2.06. The molecule has 1 N–H and O–H groups in total. The summed E-state index contributed by atoms with van der Waals surface area (Å²) in [6.45, 7) is 0. The molecule has 0 aliphatic rings. The number of hydrogen-bond acceptors (Lipinski definition) is 6. The van der Waals surface area contributed by atoms with E-state index in [0.717, 1.165) is 6.26 Å². The predicted molar refractivity (Wildman–Crippen MR) is 29.6 cm³/mol. The van der Waals surface area contributed by atoms with E-state index >= 15 is 0 Å². The van der Waals surface area contributed by atoms with Crippen LogP contribution >= 0.6 is 0 Å². The van der Waals surface area contributed by atoms with Gasteiger partial charge in [0.1, 0.15) is 0 Å². The van der Waals surface area contributed by atoms with Crippen LogP contribution in [0.25, 0.3) is 0 Å². The summed E-state index contributed by atoms with van der Waals surface area (Å²) >= 11 is 0. The number of aromatic amines is 1. The van der Waals surface area contributed by atoms with Crippen LogP contribution in [0.5, 0.6) is 6.01 Å². The summed E-state index contributed by atoms with van der Waals surface area (Å²) in [5, 5.41) is 11.6. The van der Waals surface area contributed by atoms with Gasteiger partial charge < -0.3 is 4.18 Å². The van der Waals surface area contributed by atoms with Gasteiger partial charge in [0.2, 0.25) is 0 Å². The average molecular weight is 164 g/mol. The minimum absolute atomic E-state index is 0.303. The molecular weight excluding hydrogens is 160 g/mol. The summed E-state index contributed by atoms with van der Waals surface area (Å²) in [4.78, 5) is 0. The van der Waals surface area contributed by atoms with Crippen molar-refractivity contribution in [2.45, 2.75) is 0 Å². The van der Waals surface area contributed by atoms with E-state index in [1.165, 1.54) is 0 Å². The average Bonchev–Trinajstić information content (AvgIpc) is 2.12. The summed E-state index contributed by atoms with van der Waals surface area (Å²) in [6.07, 6.45) is 0.892. The van der Waals surface area contributed by atoms with Crippen LogP contribution < -0.4 is 4.18 Å². The maximum Gasteiger partial charge on any atom is 0.371 e. The second-order valence-corrected chi connectivity index (χ2v) is 3.06. The number of hydrogen-bond donors (Lipinski definition) is 1. The van der Waals surface area contributed by atoms with E-state index in [9.17, 15) is 8.42 Å². The Morgan fingerprint density at radius 1 is 1.60 bits per heavy atom. The molecule has 0 saturated heterocycles. The van der Waals surface area contributed by atoms with Crippen LogP contribution in [-0.4, -0.2) is 35.3 Å². The smallest absolute Gasteiger partial charge is 0.340 e. The molecule has 10 heavy (non-hydrogen) atoms. The summed E-state index contributed by atoms with van der Waals surface area (Å²) in [5.41, 5.74) is 0. The first-order valence-electron chi connectivity index (χ1n) is 2.21. The molecule has 1 aromatic heterocycles. The molecule has 0 aromatic carbocycles. The van der Waals surface area contributed by atoms with Crippen molar-refractivity contribution in [2.75, 3.05) is 6.26 Å². The van der Waals surface area contributed by atoms with Crippen LogP contribution in [0.15, 0.2) is 0 Å². The van der Waals surface area contributed by atoms with Crippen molar-refractivity contribution in [3.8, 4) is 6.01 Å². The molecule has 8 heteroatoms. The molecule has 0 spiro atoms. The van der Waals surface area contributed by atoms with E-state index in [2.05, 4.69) is 24.8 Å². The van der Waals surface area contributed by atoms with E-state index in [1.54, 1.807) is 0 Å². The van der Waals surface area contributed by atoms with Gasteiger partial charge in [-0.1, -0.05) is 10.2 Å². The Morgan fingerprint density at radius 3 is 2.70 bits per heavy atom. The topological polar surface area (TPSA) is 97.8 Å². The molecule has 1 rings (SSSR count). The molecule has 56 valence electrons. The minimum Gasteiger partial charge on any atom is -0.340 e. The number of rotatable bonds is 2. The first-order valence-corrected chi connectivity index (χ1v) is 4.02. The zero-order chi connectivity index (χ0) is 7.61. The van der Waals surface area contributed by atoms with Crippen molar-refractivity contribution in [1.29, 1.82) is 0 Å². The lowest BCUT2D eigenvalue weighted by molar-refractivity contribution is 0.470. The number of nitrogens with one attached hydrogen (secondary N) is 1. The zero-order valence-electron chi connectivity index (χ0n) is 4.97. The first kappa shape index (κ1) is 6.93. The van der Waals surface area contributed by atoms with Gasteiger partial charge in [0.05, 0.1) is 6.26 Å². The number of nitrogens with zero attached hydrogens (tertiary/aromatic N) is 3. The maximum absolute atomic E-state index is 10.4. The van der Waals surface area contributed by atoms with Crippen molar-refractivity contribution in [3.63, 3.8) is 0 Å². The summed E-state index contributed by atoms with van der Waals surface area (Å²) in [5.74, 6) is 0. The van der Waals surface area contributed by atoms with Crippen molar-refractivity contribution in [1.82, 2.24) is 20.6 Å². The number of H-pyrrole nitrogens is 1. The molecule has 0 bridgehead atoms. The highest BCUT2D eigenvalue weighted by Crippen LogP contribution is 1.97. The highest BCUT2D eigenvalue weighted by molar-refractivity contribution is 7.86. The van der Waals surface area contributed by atoms with Crippen LogP contribution in [0.1, 0.15) is 0 Å². The van der Waals surface area contributed by atoms with Crippen molar-refractivity contribution >= 4 is 10.1 Å². The molecule has 1 heterocycles. The van der Waals surface area contributed by atoms with Gasteiger partial charge >= 0.3 is 16.1 Å². The Kier molecular flexibility index (Phi) is 1.53. The van der Waals surface area contributed by atoms with Crippen LogP contribution in [0.2, 0.25) is 0 Å². The van der Waals surface area contributed by atoms with Crippen molar-refractivity contribution < 1.29 is 12.6 Å². The standard InChI is InChI=1S/C2H4N4O3S/c1-10(7,8)9-2-3-5-6-4-2/h1H3,(H,3,4,5,6). The van der Waals surface area contributed by atoms with Gasteiger partial charge in [-0.2, -0.15) is 13.6 Å². The third kappa shape index (κ3) is 1.97. The lowest BCUT2D eigenvalue weighted by Crippen LogP contribution is -2.06. The second-order valence-electron chi connectivity index (χ2n) is 1.48. The molecule has 0 fully saturated rings. The van der Waals surface area contributed by atoms with E-state index in [0.29, 0.717) is 0 Å². The van der Waals surface area contributed by atoms with E-state index in [4.69, 9.17) is 0 Å². The van der Waals surface area contributed by atoms with Gasteiger partial charge in [-0.05, 0) is 5.21 Å². The van der Waals surface area contributed by atoms with Crippen molar-refractivity contribution in [2.24, 2.45) is 0 Å². The molecule has 0 saturated carbocycles. The van der Waals surface area contributed by atoms with Gasteiger partial charge in [-0.3, -0.25) is 0 Å². The summed E-state index contributed by atoms with van der Waals surface area (Å²) in [7, 11) is -3.53. The van der Waals surface area contributed by atoms with Crippen LogP contribution in [0.3, 0.4) is 0 Å². The lowest BCUT2D eigenvalue weighted by atomic mass is 11.3. The summed E-state index contributed by atoms with van der Waals surface area (Å²) in [6, 6.07) is -0.303. The Morgan fingerprint density at radius 2 is 2.30 bits per heavy atom. The predicted octanol–water partition coefficient (Wildman–Crippen LogP) is -1.46. The molecule has 0 amide bonds. The van der Waals surface area contributed by atoms with Gasteiger partial charge in [-0.25, -0.2) is 0 Å². The van der Waals surface area contributed by atoms with Crippen molar-refractivity contribution in [3.05, 3.63) is 0 Å². The molecule has 1 aromatic rings. The fraction of sp³-hybridized carbons (Fsp3) is 0.500. The molecule has 0 unspecified atom stereocenters. The van der Waals surface area contributed by atoms with Gasteiger partial charge in [0.25, 0.3) is 0 Å². The Balaban J connectivity index is 2.75. The number of aromatic nitrogens is 4. The monoisotopic (exact) mass is 164 g/mol. The molecule has 0 radical (unpaired) electrons. The van der Waals surface area contributed by atoms with Gasteiger partial charge in [0, 0.05) is 0 Å². The molecule has 0 atom stereocenters. The fourth-order valence-electron chi connectivity index (χ4n) is 0.323. The minimum atomic E-state index is -3.53. The maximum atomic E-state index is 10.4.